The molecule has 0 spiro atoms. The summed E-state index contributed by atoms with van der Waals surface area (Å²) in [6.07, 6.45) is 7.68. The second-order valence-corrected chi connectivity index (χ2v) is 10.4. The maximum Gasteiger partial charge on any atom is 0.230 e. The van der Waals surface area contributed by atoms with Gasteiger partial charge in [-0.3, -0.25) is 4.79 Å². The van der Waals surface area contributed by atoms with Gasteiger partial charge in [-0.2, -0.15) is 0 Å². The van der Waals surface area contributed by atoms with Gasteiger partial charge in [0.2, 0.25) is 18.1 Å². The number of aromatic amines is 1. The smallest absolute Gasteiger partial charge is 0.230 e. The van der Waals surface area contributed by atoms with Crippen molar-refractivity contribution in [2.45, 2.75) is 64.7 Å². The number of hydrogen-bond donors (Lipinski definition) is 3. The second-order valence-electron chi connectivity index (χ2n) is 10.4. The summed E-state index contributed by atoms with van der Waals surface area (Å²) in [5, 5.41) is 6.39. The Bertz CT molecular complexity index is 1230. The lowest BCUT2D eigenvalue weighted by Gasteiger charge is -2.35. The van der Waals surface area contributed by atoms with E-state index in [0.717, 1.165) is 24.8 Å². The molecule has 3 N–H and O–H groups in total. The Morgan fingerprint density at radius 3 is 2.55 bits per heavy atom. The van der Waals surface area contributed by atoms with Crippen LogP contribution in [0.5, 0.6) is 0 Å². The summed E-state index contributed by atoms with van der Waals surface area (Å²) in [6.45, 7) is 4.83. The van der Waals surface area contributed by atoms with Gasteiger partial charge in [-0.05, 0) is 56.5 Å². The van der Waals surface area contributed by atoms with Gasteiger partial charge in [-0.15, -0.1) is 0 Å². The summed E-state index contributed by atoms with van der Waals surface area (Å²) in [5.41, 5.74) is 1.85. The highest BCUT2D eigenvalue weighted by Crippen LogP contribution is 2.35. The van der Waals surface area contributed by atoms with E-state index in [1.165, 1.54) is 31.4 Å². The van der Waals surface area contributed by atoms with E-state index in [4.69, 9.17) is 19.4 Å². The van der Waals surface area contributed by atoms with Crippen LogP contribution in [0.3, 0.4) is 0 Å². The van der Waals surface area contributed by atoms with Gasteiger partial charge in [0.15, 0.2) is 5.82 Å². The van der Waals surface area contributed by atoms with E-state index in [1.807, 2.05) is 19.9 Å². The van der Waals surface area contributed by atoms with Gasteiger partial charge in [-0.1, -0.05) is 26.2 Å². The lowest BCUT2D eigenvalue weighted by Crippen LogP contribution is -2.48. The first kappa shape index (κ1) is 26.2. The molecule has 0 bridgehead atoms. The van der Waals surface area contributed by atoms with Crippen LogP contribution < -0.4 is 10.6 Å². The minimum atomic E-state index is -0.784. The number of imidazole rings is 1. The van der Waals surface area contributed by atoms with Crippen LogP contribution in [-0.4, -0.2) is 51.6 Å². The molecule has 2 aromatic heterocycles. The number of nitrogens with one attached hydrogen (secondary N) is 3. The molecule has 1 aliphatic heterocycles. The van der Waals surface area contributed by atoms with Crippen molar-refractivity contribution in [2.24, 2.45) is 5.41 Å². The van der Waals surface area contributed by atoms with E-state index < -0.39 is 11.7 Å². The minimum Gasteiger partial charge on any atom is -0.355 e. The molecule has 2 fully saturated rings. The van der Waals surface area contributed by atoms with Crippen molar-refractivity contribution in [1.29, 1.82) is 0 Å². The first-order valence-electron chi connectivity index (χ1n) is 13.4. The van der Waals surface area contributed by atoms with Crippen molar-refractivity contribution < 1.29 is 18.7 Å². The molecule has 2 aliphatic rings. The SMILES string of the molecule is CCCNC(=O)C1(C)COC(c2nc(-c3ccc(F)cc3)c(-c3ccnc(NC4CCCCC4)n3)[nH]2)OC1. The number of aromatic nitrogens is 4. The van der Waals surface area contributed by atoms with E-state index >= 15 is 0 Å². The van der Waals surface area contributed by atoms with Crippen molar-refractivity contribution in [3.63, 3.8) is 0 Å². The summed E-state index contributed by atoms with van der Waals surface area (Å²) >= 11 is 0. The number of carbonyl (C=O) groups is 1. The minimum absolute atomic E-state index is 0.0936. The average Bonchev–Trinajstić information content (AvgIpc) is 3.39. The lowest BCUT2D eigenvalue weighted by atomic mass is 9.91. The number of ether oxygens (including phenoxy) is 2. The zero-order chi connectivity index (χ0) is 26.5. The molecule has 1 aliphatic carbocycles. The summed E-state index contributed by atoms with van der Waals surface area (Å²) in [4.78, 5) is 29.9. The molecule has 0 atom stereocenters. The quantitative estimate of drug-likeness (QED) is 0.382. The van der Waals surface area contributed by atoms with E-state index in [0.29, 0.717) is 41.4 Å². The number of amides is 1. The number of carbonyl (C=O) groups excluding carboxylic acids is 1. The standard InChI is InChI=1S/C28H35FN6O3/c1-3-14-30-26(36)28(2)16-37-25(38-17-28)24-34-22(18-9-11-19(29)12-10-18)23(35-24)21-13-15-31-27(33-21)32-20-7-5-4-6-8-20/h9-13,15,20,25H,3-8,14,16-17H2,1-2H3,(H,30,36)(H,34,35)(H,31,32,33). The highest BCUT2D eigenvalue weighted by Gasteiger charge is 2.40. The fraction of sp³-hybridized carbons (Fsp3) is 0.500. The molecule has 38 heavy (non-hydrogen) atoms. The van der Waals surface area contributed by atoms with E-state index in [9.17, 15) is 9.18 Å². The molecule has 3 heterocycles. The van der Waals surface area contributed by atoms with Crippen LogP contribution in [0.25, 0.3) is 22.6 Å². The Labute approximate surface area is 222 Å². The number of H-pyrrole nitrogens is 1. The molecule has 5 rings (SSSR count). The van der Waals surface area contributed by atoms with Crippen LogP contribution >= 0.6 is 0 Å². The Balaban J connectivity index is 1.41. The molecule has 1 amide bonds. The molecule has 9 nitrogen and oxygen atoms in total. The van der Waals surface area contributed by atoms with Gasteiger partial charge < -0.3 is 25.1 Å². The van der Waals surface area contributed by atoms with E-state index in [2.05, 4.69) is 20.6 Å². The van der Waals surface area contributed by atoms with Gasteiger partial charge >= 0.3 is 0 Å². The first-order valence-corrected chi connectivity index (χ1v) is 13.4. The van der Waals surface area contributed by atoms with Crippen molar-refractivity contribution in [2.75, 3.05) is 25.1 Å². The Morgan fingerprint density at radius 2 is 1.84 bits per heavy atom. The molecule has 10 heteroatoms. The van der Waals surface area contributed by atoms with Crippen molar-refractivity contribution in [3.8, 4) is 22.6 Å². The number of halogens is 1. The first-order chi connectivity index (χ1) is 18.4. The molecule has 3 aromatic rings. The molecule has 0 radical (unpaired) electrons. The highest BCUT2D eigenvalue weighted by molar-refractivity contribution is 5.82. The average molecular weight is 523 g/mol. The van der Waals surface area contributed by atoms with Crippen molar-refractivity contribution in [1.82, 2.24) is 25.3 Å². The van der Waals surface area contributed by atoms with Crippen LogP contribution in [0.2, 0.25) is 0 Å². The van der Waals surface area contributed by atoms with Crippen molar-refractivity contribution >= 4 is 11.9 Å². The lowest BCUT2D eigenvalue weighted by molar-refractivity contribution is -0.231. The summed E-state index contributed by atoms with van der Waals surface area (Å²) in [6, 6.07) is 8.33. The fourth-order valence-corrected chi connectivity index (χ4v) is 4.85. The number of benzene rings is 1. The Morgan fingerprint density at radius 1 is 1.11 bits per heavy atom. The van der Waals surface area contributed by atoms with Gasteiger partial charge in [0.25, 0.3) is 0 Å². The maximum absolute atomic E-state index is 13.7. The zero-order valence-electron chi connectivity index (χ0n) is 21.9. The van der Waals surface area contributed by atoms with Crippen LogP contribution in [0.1, 0.15) is 64.5 Å². The monoisotopic (exact) mass is 522 g/mol. The van der Waals surface area contributed by atoms with Crippen LogP contribution in [0, 0.1) is 11.2 Å². The molecule has 202 valence electrons. The second kappa shape index (κ2) is 11.6. The fourth-order valence-electron chi connectivity index (χ4n) is 4.85. The predicted molar refractivity (Wildman–Crippen MR) is 142 cm³/mol. The molecule has 1 saturated heterocycles. The number of rotatable bonds is 8. The van der Waals surface area contributed by atoms with Crippen molar-refractivity contribution in [3.05, 3.63) is 48.2 Å². The van der Waals surface area contributed by atoms with Gasteiger partial charge in [0.05, 0.1) is 35.7 Å². The van der Waals surface area contributed by atoms with Gasteiger partial charge in [-0.25, -0.2) is 19.3 Å². The zero-order valence-corrected chi connectivity index (χ0v) is 21.9. The summed E-state index contributed by atoms with van der Waals surface area (Å²) < 4.78 is 25.6. The third-order valence-corrected chi connectivity index (χ3v) is 7.10. The largest absolute Gasteiger partial charge is 0.355 e. The van der Waals surface area contributed by atoms with E-state index in [1.54, 1.807) is 18.3 Å². The van der Waals surface area contributed by atoms with Crippen LogP contribution in [-0.2, 0) is 14.3 Å². The Hall–Kier alpha value is -3.37. The maximum atomic E-state index is 13.7. The highest BCUT2D eigenvalue weighted by atomic mass is 19.1. The van der Waals surface area contributed by atoms with Crippen LogP contribution in [0.15, 0.2) is 36.5 Å². The summed E-state index contributed by atoms with van der Waals surface area (Å²) in [5.74, 6) is 0.598. The predicted octanol–water partition coefficient (Wildman–Crippen LogP) is 5.00. The molecular weight excluding hydrogens is 487 g/mol. The van der Waals surface area contributed by atoms with Gasteiger partial charge in [0.1, 0.15) is 5.82 Å². The van der Waals surface area contributed by atoms with E-state index in [-0.39, 0.29) is 24.9 Å². The number of nitrogens with zero attached hydrogens (tertiary/aromatic N) is 3. The third kappa shape index (κ3) is 5.86. The molecule has 1 saturated carbocycles. The Kier molecular flexibility index (Phi) is 7.99. The molecular formula is C28H35FN6O3. The topological polar surface area (TPSA) is 114 Å². The normalized spacial score (nSPS) is 22.2. The molecule has 1 aromatic carbocycles. The van der Waals surface area contributed by atoms with Crippen LogP contribution in [0.4, 0.5) is 10.3 Å². The molecule has 0 unspecified atom stereocenters. The number of anilines is 1. The summed E-state index contributed by atoms with van der Waals surface area (Å²) in [7, 11) is 0. The number of hydrogen-bond acceptors (Lipinski definition) is 7. The van der Waals surface area contributed by atoms with Gasteiger partial charge in [0, 0.05) is 24.3 Å². The third-order valence-electron chi connectivity index (χ3n) is 7.10.